The minimum absolute atomic E-state index is 0.0127. The minimum atomic E-state index is -0.411. The lowest BCUT2D eigenvalue weighted by Gasteiger charge is -2.07. The Kier molecular flexibility index (Phi) is 3.49. The van der Waals surface area contributed by atoms with E-state index in [0.29, 0.717) is 0 Å². The number of hydrogen-bond acceptors (Lipinski definition) is 2. The molecule has 0 aliphatic carbocycles. The van der Waals surface area contributed by atoms with Gasteiger partial charge >= 0.3 is 0 Å². The van der Waals surface area contributed by atoms with E-state index >= 15 is 0 Å². The number of ether oxygens (including phenoxy) is 1. The van der Waals surface area contributed by atoms with Crippen LogP contribution in [0.25, 0.3) is 0 Å². The lowest BCUT2D eigenvalue weighted by atomic mass is 10.2. The van der Waals surface area contributed by atoms with Crippen molar-refractivity contribution in [3.8, 4) is 11.5 Å². The second-order valence-electron chi connectivity index (χ2n) is 3.50. The first-order chi connectivity index (χ1) is 8.16. The van der Waals surface area contributed by atoms with E-state index in [1.807, 2.05) is 0 Å². The van der Waals surface area contributed by atoms with E-state index in [2.05, 4.69) is 0 Å². The highest BCUT2D eigenvalue weighted by molar-refractivity contribution is 6.31. The molecule has 4 heteroatoms. The highest BCUT2D eigenvalue weighted by Crippen LogP contribution is 2.24. The average molecular weight is 253 g/mol. The van der Waals surface area contributed by atoms with Crippen LogP contribution < -0.4 is 4.74 Å². The van der Waals surface area contributed by atoms with Crippen LogP contribution in [0.3, 0.4) is 0 Å². The molecule has 0 spiro atoms. The van der Waals surface area contributed by atoms with Crippen LogP contribution >= 0.6 is 11.6 Å². The smallest absolute Gasteiger partial charge is 0.165 e. The Hall–Kier alpha value is -1.74. The number of aromatic hydroxyl groups is 1. The fourth-order valence-electron chi connectivity index (χ4n) is 1.37. The van der Waals surface area contributed by atoms with Crippen molar-refractivity contribution in [3.05, 3.63) is 58.9 Å². The van der Waals surface area contributed by atoms with Crippen LogP contribution in [0, 0.1) is 5.82 Å². The summed E-state index contributed by atoms with van der Waals surface area (Å²) in [6, 6.07) is 10.9. The molecular weight excluding hydrogens is 243 g/mol. The maximum atomic E-state index is 13.2. The van der Waals surface area contributed by atoms with Gasteiger partial charge in [0.1, 0.15) is 12.4 Å². The Balaban J connectivity index is 2.08. The molecule has 1 N–H and O–H groups in total. The Bertz CT molecular complexity index is 529. The van der Waals surface area contributed by atoms with Gasteiger partial charge in [0.05, 0.1) is 5.02 Å². The predicted molar refractivity (Wildman–Crippen MR) is 63.8 cm³/mol. The van der Waals surface area contributed by atoms with Crippen LogP contribution in [-0.4, -0.2) is 5.11 Å². The third-order valence-corrected chi connectivity index (χ3v) is 2.56. The fourth-order valence-corrected chi connectivity index (χ4v) is 1.49. The summed E-state index contributed by atoms with van der Waals surface area (Å²) >= 11 is 5.67. The third-order valence-electron chi connectivity index (χ3n) is 2.24. The molecule has 0 atom stereocenters. The monoisotopic (exact) mass is 252 g/mol. The van der Waals surface area contributed by atoms with Gasteiger partial charge in [0.2, 0.25) is 0 Å². The van der Waals surface area contributed by atoms with Crippen molar-refractivity contribution in [3.63, 3.8) is 0 Å². The van der Waals surface area contributed by atoms with Gasteiger partial charge in [-0.1, -0.05) is 29.8 Å². The fraction of sp³-hybridized carbons (Fsp3) is 0.0769. The van der Waals surface area contributed by atoms with Gasteiger partial charge in [-0.2, -0.15) is 0 Å². The molecule has 0 saturated heterocycles. The summed E-state index contributed by atoms with van der Waals surface area (Å²) < 4.78 is 18.5. The van der Waals surface area contributed by atoms with Gasteiger partial charge < -0.3 is 9.84 Å². The lowest BCUT2D eigenvalue weighted by Crippen LogP contribution is -1.97. The molecule has 0 saturated carbocycles. The number of para-hydroxylation sites is 1. The number of rotatable bonds is 3. The summed E-state index contributed by atoms with van der Waals surface area (Å²) in [5.41, 5.74) is 0.718. The Morgan fingerprint density at radius 2 is 1.94 bits per heavy atom. The summed E-state index contributed by atoms with van der Waals surface area (Å²) in [6.45, 7) is 0.172. The Morgan fingerprint density at radius 1 is 1.18 bits per heavy atom. The van der Waals surface area contributed by atoms with E-state index in [0.717, 1.165) is 5.56 Å². The molecule has 0 unspecified atom stereocenters. The van der Waals surface area contributed by atoms with Crippen molar-refractivity contribution in [2.45, 2.75) is 6.61 Å². The van der Waals surface area contributed by atoms with Gasteiger partial charge in [-0.15, -0.1) is 0 Å². The van der Waals surface area contributed by atoms with Crippen molar-refractivity contribution in [1.29, 1.82) is 0 Å². The summed E-state index contributed by atoms with van der Waals surface area (Å²) in [5, 5.41) is 9.67. The maximum Gasteiger partial charge on any atom is 0.165 e. The molecule has 2 aromatic rings. The van der Waals surface area contributed by atoms with Crippen molar-refractivity contribution >= 4 is 11.6 Å². The van der Waals surface area contributed by atoms with E-state index in [9.17, 15) is 9.50 Å². The molecule has 17 heavy (non-hydrogen) atoms. The molecule has 0 aliphatic heterocycles. The quantitative estimate of drug-likeness (QED) is 0.901. The zero-order valence-electron chi connectivity index (χ0n) is 8.86. The van der Waals surface area contributed by atoms with Crippen molar-refractivity contribution < 1.29 is 14.2 Å². The van der Waals surface area contributed by atoms with Crippen LogP contribution in [0.2, 0.25) is 5.02 Å². The van der Waals surface area contributed by atoms with Crippen LogP contribution in [-0.2, 0) is 6.61 Å². The van der Waals surface area contributed by atoms with Crippen LogP contribution in [0.5, 0.6) is 11.5 Å². The second-order valence-corrected chi connectivity index (χ2v) is 3.91. The molecule has 0 amide bonds. The highest BCUT2D eigenvalue weighted by Gasteiger charge is 2.04. The number of phenolic OH excluding ortho intramolecular Hbond substituents is 1. The van der Waals surface area contributed by atoms with Gasteiger partial charge in [0.15, 0.2) is 11.6 Å². The zero-order valence-corrected chi connectivity index (χ0v) is 9.62. The molecule has 0 fully saturated rings. The van der Waals surface area contributed by atoms with Gasteiger partial charge in [0, 0.05) is 0 Å². The first-order valence-corrected chi connectivity index (χ1v) is 5.39. The van der Waals surface area contributed by atoms with E-state index < -0.39 is 5.82 Å². The van der Waals surface area contributed by atoms with Crippen molar-refractivity contribution in [2.24, 2.45) is 0 Å². The van der Waals surface area contributed by atoms with Gasteiger partial charge in [0.25, 0.3) is 0 Å². The summed E-state index contributed by atoms with van der Waals surface area (Å²) in [5.74, 6) is -0.242. The zero-order chi connectivity index (χ0) is 12.3. The number of phenols is 1. The normalized spacial score (nSPS) is 10.2. The second kappa shape index (κ2) is 5.06. The molecule has 2 aromatic carbocycles. The maximum absolute atomic E-state index is 13.2. The Morgan fingerprint density at radius 3 is 2.65 bits per heavy atom. The van der Waals surface area contributed by atoms with E-state index in [4.69, 9.17) is 16.3 Å². The molecule has 2 rings (SSSR count). The van der Waals surface area contributed by atoms with E-state index in [-0.39, 0.29) is 23.1 Å². The first-order valence-electron chi connectivity index (χ1n) is 5.01. The third kappa shape index (κ3) is 2.88. The molecule has 0 bridgehead atoms. The van der Waals surface area contributed by atoms with E-state index in [1.54, 1.807) is 30.3 Å². The van der Waals surface area contributed by atoms with Crippen LogP contribution in [0.1, 0.15) is 5.56 Å². The topological polar surface area (TPSA) is 29.5 Å². The molecule has 88 valence electrons. The van der Waals surface area contributed by atoms with Crippen molar-refractivity contribution in [1.82, 2.24) is 0 Å². The van der Waals surface area contributed by atoms with Gasteiger partial charge in [-0.05, 0) is 29.8 Å². The standard InChI is InChI=1S/C13H10ClFO2/c14-10-6-5-9(7-12(10)16)8-17-13-4-2-1-3-11(13)15/h1-7,16H,8H2. The molecule has 2 nitrogen and oxygen atoms in total. The largest absolute Gasteiger partial charge is 0.506 e. The molecule has 0 aliphatic rings. The van der Waals surface area contributed by atoms with Gasteiger partial charge in [-0.25, -0.2) is 4.39 Å². The van der Waals surface area contributed by atoms with Crippen LogP contribution in [0.4, 0.5) is 4.39 Å². The first kappa shape index (κ1) is 11.7. The number of halogens is 2. The number of benzene rings is 2. The lowest BCUT2D eigenvalue weighted by molar-refractivity contribution is 0.289. The SMILES string of the molecule is Oc1cc(COc2ccccc2F)ccc1Cl. The number of hydrogen-bond donors (Lipinski definition) is 1. The van der Waals surface area contributed by atoms with Crippen LogP contribution in [0.15, 0.2) is 42.5 Å². The highest BCUT2D eigenvalue weighted by atomic mass is 35.5. The summed E-state index contributed by atoms with van der Waals surface area (Å²) in [4.78, 5) is 0. The van der Waals surface area contributed by atoms with Gasteiger partial charge in [-0.3, -0.25) is 0 Å². The average Bonchev–Trinajstić information content (AvgIpc) is 2.32. The van der Waals surface area contributed by atoms with Crippen molar-refractivity contribution in [2.75, 3.05) is 0 Å². The predicted octanol–water partition coefficient (Wildman–Crippen LogP) is 3.76. The minimum Gasteiger partial charge on any atom is -0.506 e. The summed E-state index contributed by atoms with van der Waals surface area (Å²) in [6.07, 6.45) is 0. The molecule has 0 aromatic heterocycles. The van der Waals surface area contributed by atoms with E-state index in [1.165, 1.54) is 12.1 Å². The molecule has 0 heterocycles. The Labute approximate surface area is 103 Å². The summed E-state index contributed by atoms with van der Waals surface area (Å²) in [7, 11) is 0. The molecular formula is C13H10ClFO2. The molecule has 0 radical (unpaired) electrons.